The van der Waals surface area contributed by atoms with Gasteiger partial charge in [-0.05, 0) is 31.0 Å². The number of aliphatic imine (C=N–C) groups is 1. The van der Waals surface area contributed by atoms with E-state index < -0.39 is 6.10 Å². The molecule has 23 heavy (non-hydrogen) atoms. The van der Waals surface area contributed by atoms with Gasteiger partial charge in [0.15, 0.2) is 5.96 Å². The van der Waals surface area contributed by atoms with E-state index in [9.17, 15) is 5.11 Å². The van der Waals surface area contributed by atoms with Crippen molar-refractivity contribution in [3.05, 3.63) is 30.1 Å². The molecule has 0 bridgehead atoms. The number of rotatable bonds is 5. The fraction of sp³-hybridized carbons (Fsp3) is 0.625. The van der Waals surface area contributed by atoms with Crippen LogP contribution in [0.3, 0.4) is 0 Å². The molecule has 2 unspecified atom stereocenters. The van der Waals surface area contributed by atoms with Gasteiger partial charge in [-0.25, -0.2) is 0 Å². The lowest BCUT2D eigenvalue weighted by Crippen LogP contribution is -2.48. The summed E-state index contributed by atoms with van der Waals surface area (Å²) in [5.41, 5.74) is 0.857. The molecule has 1 fully saturated rings. The van der Waals surface area contributed by atoms with Crippen molar-refractivity contribution in [2.24, 2.45) is 4.99 Å². The molecular weight excluding hydrogens is 423 g/mol. The molecule has 1 aromatic rings. The second kappa shape index (κ2) is 11.1. The van der Waals surface area contributed by atoms with E-state index in [2.05, 4.69) is 34.0 Å². The minimum atomic E-state index is -0.585. The molecule has 0 saturated carbocycles. The molecule has 1 aliphatic heterocycles. The predicted octanol–water partition coefficient (Wildman–Crippen LogP) is 2.53. The fourth-order valence-corrected chi connectivity index (χ4v) is 3.63. The first kappa shape index (κ1) is 20.5. The average molecular weight is 450 g/mol. The Hall–Kier alpha value is -0.540. The van der Waals surface area contributed by atoms with Crippen molar-refractivity contribution in [3.8, 4) is 0 Å². The number of guanidine groups is 1. The van der Waals surface area contributed by atoms with Gasteiger partial charge in [-0.15, -0.1) is 24.0 Å². The van der Waals surface area contributed by atoms with Gasteiger partial charge in [0.2, 0.25) is 0 Å². The highest BCUT2D eigenvalue weighted by atomic mass is 127. The topological polar surface area (TPSA) is 60.8 Å². The van der Waals surface area contributed by atoms with Gasteiger partial charge < -0.3 is 15.3 Å². The molecule has 2 heterocycles. The van der Waals surface area contributed by atoms with Crippen LogP contribution in [0, 0.1) is 0 Å². The van der Waals surface area contributed by atoms with Crippen LogP contribution in [-0.2, 0) is 0 Å². The Bertz CT molecular complexity index is 474. The third-order valence-electron chi connectivity index (χ3n) is 3.73. The number of aliphatic hydroxyl groups is 1. The van der Waals surface area contributed by atoms with E-state index in [0.29, 0.717) is 11.8 Å². The summed E-state index contributed by atoms with van der Waals surface area (Å²) in [6.45, 7) is 7.55. The van der Waals surface area contributed by atoms with Gasteiger partial charge in [0.25, 0.3) is 0 Å². The zero-order chi connectivity index (χ0) is 15.8. The highest BCUT2D eigenvalue weighted by Crippen LogP contribution is 2.21. The molecule has 1 saturated heterocycles. The molecule has 2 rings (SSSR count). The number of thioether (sulfide) groups is 1. The van der Waals surface area contributed by atoms with Gasteiger partial charge in [0.1, 0.15) is 0 Å². The van der Waals surface area contributed by atoms with E-state index in [1.165, 1.54) is 6.42 Å². The summed E-state index contributed by atoms with van der Waals surface area (Å²) in [5, 5.41) is 14.3. The van der Waals surface area contributed by atoms with Gasteiger partial charge in [-0.1, -0.05) is 6.92 Å². The van der Waals surface area contributed by atoms with Crippen molar-refractivity contribution in [1.82, 2.24) is 15.2 Å². The minimum Gasteiger partial charge on any atom is -0.386 e. The van der Waals surface area contributed by atoms with E-state index in [-0.39, 0.29) is 24.0 Å². The monoisotopic (exact) mass is 450 g/mol. The molecule has 0 radical (unpaired) electrons. The lowest BCUT2D eigenvalue weighted by atomic mass is 10.1. The van der Waals surface area contributed by atoms with Crippen molar-refractivity contribution in [2.75, 3.05) is 31.9 Å². The zero-order valence-corrected chi connectivity index (χ0v) is 17.0. The van der Waals surface area contributed by atoms with Crippen LogP contribution >= 0.6 is 35.7 Å². The second-order valence-corrected chi connectivity index (χ2v) is 6.75. The van der Waals surface area contributed by atoms with Gasteiger partial charge in [-0.2, -0.15) is 11.8 Å². The summed E-state index contributed by atoms with van der Waals surface area (Å²) in [6.07, 6.45) is 3.99. The Morgan fingerprint density at radius 1 is 1.48 bits per heavy atom. The Balaban J connectivity index is 0.00000264. The first-order valence-electron chi connectivity index (χ1n) is 7.97. The van der Waals surface area contributed by atoms with E-state index >= 15 is 0 Å². The molecule has 0 aromatic carbocycles. The SMILES string of the molecule is CCNC(=NCC(O)c1ccncc1)N1CCSC(CC)C1.I. The van der Waals surface area contributed by atoms with E-state index in [4.69, 9.17) is 0 Å². The standard InChI is InChI=1S/C16H26N4OS.HI/c1-3-14-12-20(9-10-22-14)16(18-4-2)19-11-15(21)13-5-7-17-8-6-13;/h5-8,14-15,21H,3-4,9-12H2,1-2H3,(H,18,19);1H. The largest absolute Gasteiger partial charge is 0.386 e. The third-order valence-corrected chi connectivity index (χ3v) is 5.11. The number of halogens is 1. The van der Waals surface area contributed by atoms with Gasteiger partial charge in [0.05, 0.1) is 12.6 Å². The summed E-state index contributed by atoms with van der Waals surface area (Å²) < 4.78 is 0. The highest BCUT2D eigenvalue weighted by molar-refractivity contribution is 14.0. The van der Waals surface area contributed by atoms with Gasteiger partial charge in [-0.3, -0.25) is 9.98 Å². The molecule has 5 nitrogen and oxygen atoms in total. The van der Waals surface area contributed by atoms with Crippen LogP contribution in [0.2, 0.25) is 0 Å². The maximum atomic E-state index is 10.2. The maximum absolute atomic E-state index is 10.2. The van der Waals surface area contributed by atoms with E-state index in [1.54, 1.807) is 12.4 Å². The predicted molar refractivity (Wildman–Crippen MR) is 109 cm³/mol. The van der Waals surface area contributed by atoms with Crippen LogP contribution in [0.25, 0.3) is 0 Å². The van der Waals surface area contributed by atoms with E-state index in [1.807, 2.05) is 23.9 Å². The fourth-order valence-electron chi connectivity index (χ4n) is 2.45. The lowest BCUT2D eigenvalue weighted by Gasteiger charge is -2.34. The van der Waals surface area contributed by atoms with Crippen LogP contribution in [0.4, 0.5) is 0 Å². The molecular formula is C16H27IN4OS. The molecule has 0 aliphatic carbocycles. The second-order valence-electron chi connectivity index (χ2n) is 5.34. The molecule has 1 aromatic heterocycles. The van der Waals surface area contributed by atoms with Crippen LogP contribution in [-0.4, -0.2) is 58.1 Å². The Labute approximate surface area is 160 Å². The van der Waals surface area contributed by atoms with Gasteiger partial charge >= 0.3 is 0 Å². The van der Waals surface area contributed by atoms with Crippen LogP contribution in [0.1, 0.15) is 31.9 Å². The maximum Gasteiger partial charge on any atom is 0.194 e. The number of nitrogens with one attached hydrogen (secondary N) is 1. The van der Waals surface area contributed by atoms with Crippen molar-refractivity contribution in [1.29, 1.82) is 0 Å². The van der Waals surface area contributed by atoms with Crippen molar-refractivity contribution >= 4 is 41.7 Å². The average Bonchev–Trinajstić information content (AvgIpc) is 2.59. The summed E-state index contributed by atoms with van der Waals surface area (Å²) in [4.78, 5) is 10.9. The summed E-state index contributed by atoms with van der Waals surface area (Å²) in [6, 6.07) is 3.66. The number of nitrogens with zero attached hydrogens (tertiary/aromatic N) is 3. The Kier molecular flexibility index (Phi) is 9.89. The normalized spacial score (nSPS) is 19.9. The van der Waals surface area contributed by atoms with Crippen LogP contribution in [0.5, 0.6) is 0 Å². The van der Waals surface area contributed by atoms with Crippen LogP contribution in [0.15, 0.2) is 29.5 Å². The zero-order valence-electron chi connectivity index (χ0n) is 13.8. The number of aromatic nitrogens is 1. The van der Waals surface area contributed by atoms with Crippen molar-refractivity contribution < 1.29 is 5.11 Å². The number of hydrogen-bond acceptors (Lipinski definition) is 4. The third kappa shape index (κ3) is 6.46. The molecule has 7 heteroatoms. The number of pyridine rings is 1. The quantitative estimate of drug-likeness (QED) is 0.410. The molecule has 2 N–H and O–H groups in total. The minimum absolute atomic E-state index is 0. The smallest absolute Gasteiger partial charge is 0.194 e. The molecule has 0 spiro atoms. The van der Waals surface area contributed by atoms with Crippen molar-refractivity contribution in [3.63, 3.8) is 0 Å². The highest BCUT2D eigenvalue weighted by Gasteiger charge is 2.21. The number of aliphatic hydroxyl groups excluding tert-OH is 1. The summed E-state index contributed by atoms with van der Waals surface area (Å²) >= 11 is 2.04. The van der Waals surface area contributed by atoms with Crippen molar-refractivity contribution in [2.45, 2.75) is 31.6 Å². The summed E-state index contributed by atoms with van der Waals surface area (Å²) in [5.74, 6) is 2.05. The van der Waals surface area contributed by atoms with E-state index in [0.717, 1.165) is 36.9 Å². The molecule has 1 aliphatic rings. The molecule has 0 amide bonds. The molecule has 2 atom stereocenters. The first-order valence-corrected chi connectivity index (χ1v) is 9.02. The molecule has 130 valence electrons. The summed E-state index contributed by atoms with van der Waals surface area (Å²) in [7, 11) is 0. The first-order chi connectivity index (χ1) is 10.7. The number of hydrogen-bond donors (Lipinski definition) is 2. The van der Waals surface area contributed by atoms with Gasteiger partial charge in [0, 0.05) is 43.0 Å². The van der Waals surface area contributed by atoms with Crippen LogP contribution < -0.4 is 5.32 Å². The Morgan fingerprint density at radius 3 is 2.87 bits per heavy atom. The lowest BCUT2D eigenvalue weighted by molar-refractivity contribution is 0.186. The Morgan fingerprint density at radius 2 is 2.22 bits per heavy atom.